The SMILES string of the molecule is COc1ccc(C2C(C#N)=C(N)OC3c4ccccc4NC(=O)C32)cc1. The smallest absolute Gasteiger partial charge is 0.232 e. The van der Waals surface area contributed by atoms with Gasteiger partial charge in [0.15, 0.2) is 5.88 Å². The fraction of sp³-hybridized carbons (Fsp3) is 0.200. The van der Waals surface area contributed by atoms with Crippen LogP contribution >= 0.6 is 0 Å². The first-order valence-electron chi connectivity index (χ1n) is 8.24. The van der Waals surface area contributed by atoms with Gasteiger partial charge in [-0.1, -0.05) is 30.3 Å². The number of hydrogen-bond donors (Lipinski definition) is 2. The molecule has 0 radical (unpaired) electrons. The number of anilines is 1. The van der Waals surface area contributed by atoms with Crippen LogP contribution < -0.4 is 15.8 Å². The number of ether oxygens (including phenoxy) is 2. The molecule has 6 heteroatoms. The van der Waals surface area contributed by atoms with Crippen LogP contribution in [0.2, 0.25) is 0 Å². The number of hydrogen-bond acceptors (Lipinski definition) is 5. The molecule has 4 rings (SSSR count). The van der Waals surface area contributed by atoms with E-state index < -0.39 is 17.9 Å². The van der Waals surface area contributed by atoms with Crippen LogP contribution in [0.15, 0.2) is 60.0 Å². The molecule has 2 aliphatic heterocycles. The molecule has 2 aliphatic rings. The molecule has 130 valence electrons. The Morgan fingerprint density at radius 3 is 2.62 bits per heavy atom. The Labute approximate surface area is 150 Å². The van der Waals surface area contributed by atoms with Crippen LogP contribution in [0.4, 0.5) is 5.69 Å². The summed E-state index contributed by atoms with van der Waals surface area (Å²) in [4.78, 5) is 12.9. The molecule has 3 unspecified atom stereocenters. The molecule has 26 heavy (non-hydrogen) atoms. The maximum absolute atomic E-state index is 12.9. The Morgan fingerprint density at radius 2 is 1.92 bits per heavy atom. The first-order valence-corrected chi connectivity index (χ1v) is 8.24. The fourth-order valence-corrected chi connectivity index (χ4v) is 3.71. The summed E-state index contributed by atoms with van der Waals surface area (Å²) in [7, 11) is 1.59. The maximum Gasteiger partial charge on any atom is 0.232 e. The van der Waals surface area contributed by atoms with E-state index in [1.165, 1.54) is 0 Å². The van der Waals surface area contributed by atoms with Crippen molar-refractivity contribution >= 4 is 11.6 Å². The third-order valence-corrected chi connectivity index (χ3v) is 4.94. The summed E-state index contributed by atoms with van der Waals surface area (Å²) in [6, 6.07) is 16.9. The molecule has 0 bridgehead atoms. The summed E-state index contributed by atoms with van der Waals surface area (Å²) in [5.41, 5.74) is 8.71. The number of carbonyl (C=O) groups is 1. The van der Waals surface area contributed by atoms with Gasteiger partial charge in [0.2, 0.25) is 5.91 Å². The molecule has 0 saturated heterocycles. The van der Waals surface area contributed by atoms with E-state index in [1.807, 2.05) is 36.4 Å². The number of nitrogens with one attached hydrogen (secondary N) is 1. The van der Waals surface area contributed by atoms with Gasteiger partial charge in [-0.3, -0.25) is 4.79 Å². The van der Waals surface area contributed by atoms with Crippen LogP contribution in [-0.4, -0.2) is 13.0 Å². The first kappa shape index (κ1) is 16.0. The summed E-state index contributed by atoms with van der Waals surface area (Å²) in [6.45, 7) is 0. The normalized spacial score (nSPS) is 23.8. The van der Waals surface area contributed by atoms with Crippen LogP contribution in [0.25, 0.3) is 0 Å². The monoisotopic (exact) mass is 347 g/mol. The Balaban J connectivity index is 1.87. The van der Waals surface area contributed by atoms with Crippen molar-refractivity contribution in [1.29, 1.82) is 5.26 Å². The number of para-hydroxylation sites is 1. The summed E-state index contributed by atoms with van der Waals surface area (Å²) in [6.07, 6.45) is -0.538. The Morgan fingerprint density at radius 1 is 1.19 bits per heavy atom. The summed E-state index contributed by atoms with van der Waals surface area (Å²) >= 11 is 0. The number of nitrogens with zero attached hydrogens (tertiary/aromatic N) is 1. The highest BCUT2D eigenvalue weighted by Gasteiger charge is 2.48. The molecule has 6 nitrogen and oxygen atoms in total. The second-order valence-electron chi connectivity index (χ2n) is 6.28. The Hall–Kier alpha value is -3.46. The number of rotatable bonds is 2. The number of nitriles is 1. The fourth-order valence-electron chi connectivity index (χ4n) is 3.71. The van der Waals surface area contributed by atoms with Gasteiger partial charge in [-0.2, -0.15) is 5.26 Å². The van der Waals surface area contributed by atoms with Crippen LogP contribution in [0.1, 0.15) is 23.1 Å². The molecule has 0 aliphatic carbocycles. The van der Waals surface area contributed by atoms with Crippen LogP contribution in [0.5, 0.6) is 5.75 Å². The van der Waals surface area contributed by atoms with Crippen molar-refractivity contribution < 1.29 is 14.3 Å². The zero-order valence-corrected chi connectivity index (χ0v) is 14.1. The molecule has 0 fully saturated rings. The number of allylic oxidation sites excluding steroid dienone is 1. The number of fused-ring (bicyclic) bond motifs is 3. The quantitative estimate of drug-likeness (QED) is 0.870. The number of benzene rings is 2. The Kier molecular flexibility index (Phi) is 3.77. The zero-order chi connectivity index (χ0) is 18.3. The summed E-state index contributed by atoms with van der Waals surface area (Å²) < 4.78 is 11.0. The number of carbonyl (C=O) groups excluding carboxylic acids is 1. The molecular weight excluding hydrogens is 330 g/mol. The topological polar surface area (TPSA) is 97.4 Å². The second-order valence-corrected chi connectivity index (χ2v) is 6.28. The molecular formula is C20H17N3O3. The molecule has 2 aromatic carbocycles. The highest BCUT2D eigenvalue weighted by molar-refractivity contribution is 5.97. The van der Waals surface area contributed by atoms with E-state index in [4.69, 9.17) is 15.2 Å². The minimum atomic E-state index is -0.583. The van der Waals surface area contributed by atoms with E-state index in [1.54, 1.807) is 19.2 Å². The largest absolute Gasteiger partial charge is 0.497 e. The molecule has 0 spiro atoms. The maximum atomic E-state index is 12.9. The molecule has 3 N–H and O–H groups in total. The third-order valence-electron chi connectivity index (χ3n) is 4.94. The predicted molar refractivity (Wildman–Crippen MR) is 94.9 cm³/mol. The van der Waals surface area contributed by atoms with Crippen molar-refractivity contribution in [3.63, 3.8) is 0 Å². The van der Waals surface area contributed by atoms with Gasteiger partial charge in [-0.05, 0) is 23.8 Å². The van der Waals surface area contributed by atoms with Gasteiger partial charge in [0.25, 0.3) is 0 Å². The van der Waals surface area contributed by atoms with Crippen molar-refractivity contribution in [1.82, 2.24) is 0 Å². The average molecular weight is 347 g/mol. The summed E-state index contributed by atoms with van der Waals surface area (Å²) in [5.74, 6) is -0.488. The lowest BCUT2D eigenvalue weighted by atomic mass is 9.72. The minimum absolute atomic E-state index is 0.0686. The molecule has 0 saturated carbocycles. The first-order chi connectivity index (χ1) is 12.6. The van der Waals surface area contributed by atoms with Gasteiger partial charge in [0.05, 0.1) is 18.6 Å². The number of methoxy groups -OCH3 is 1. The van der Waals surface area contributed by atoms with Crippen molar-refractivity contribution in [3.05, 3.63) is 71.1 Å². The number of amides is 1. The van der Waals surface area contributed by atoms with Crippen molar-refractivity contribution in [2.75, 3.05) is 12.4 Å². The molecule has 3 atom stereocenters. The minimum Gasteiger partial charge on any atom is -0.497 e. The van der Waals surface area contributed by atoms with Gasteiger partial charge in [0.1, 0.15) is 17.9 Å². The van der Waals surface area contributed by atoms with E-state index in [-0.39, 0.29) is 17.4 Å². The van der Waals surface area contributed by atoms with Crippen molar-refractivity contribution in [2.24, 2.45) is 11.7 Å². The molecule has 2 aromatic rings. The Bertz CT molecular complexity index is 944. The van der Waals surface area contributed by atoms with Crippen LogP contribution in [-0.2, 0) is 9.53 Å². The van der Waals surface area contributed by atoms with Gasteiger partial charge in [-0.15, -0.1) is 0 Å². The van der Waals surface area contributed by atoms with E-state index in [2.05, 4.69) is 11.4 Å². The second kappa shape index (κ2) is 6.12. The van der Waals surface area contributed by atoms with E-state index in [0.717, 1.165) is 11.1 Å². The zero-order valence-electron chi connectivity index (χ0n) is 14.1. The van der Waals surface area contributed by atoms with Crippen molar-refractivity contribution in [3.8, 4) is 11.8 Å². The molecule has 0 aromatic heterocycles. The lowest BCUT2D eigenvalue weighted by Crippen LogP contribution is -2.42. The number of nitrogens with two attached hydrogens (primary N) is 1. The van der Waals surface area contributed by atoms with Gasteiger partial charge >= 0.3 is 0 Å². The highest BCUT2D eigenvalue weighted by atomic mass is 16.5. The predicted octanol–water partition coefficient (Wildman–Crippen LogP) is 2.81. The van der Waals surface area contributed by atoms with Gasteiger partial charge < -0.3 is 20.5 Å². The molecule has 2 heterocycles. The van der Waals surface area contributed by atoms with E-state index in [0.29, 0.717) is 11.4 Å². The highest BCUT2D eigenvalue weighted by Crippen LogP contribution is 2.50. The average Bonchev–Trinajstić information content (AvgIpc) is 2.67. The standard InChI is InChI=1S/C20H17N3O3/c1-25-12-8-6-11(7-9-12)16-14(10-21)19(22)26-18-13-4-2-3-5-15(13)23-20(24)17(16)18/h2-9,16-18H,22H2,1H3,(H,23,24). The lowest BCUT2D eigenvalue weighted by molar-refractivity contribution is -0.126. The van der Waals surface area contributed by atoms with Crippen molar-refractivity contribution in [2.45, 2.75) is 12.0 Å². The van der Waals surface area contributed by atoms with E-state index in [9.17, 15) is 10.1 Å². The molecule has 1 amide bonds. The van der Waals surface area contributed by atoms with Crippen LogP contribution in [0.3, 0.4) is 0 Å². The van der Waals surface area contributed by atoms with E-state index >= 15 is 0 Å². The van der Waals surface area contributed by atoms with Gasteiger partial charge in [0, 0.05) is 17.2 Å². The summed E-state index contributed by atoms with van der Waals surface area (Å²) in [5, 5.41) is 12.6. The van der Waals surface area contributed by atoms with Crippen LogP contribution in [0, 0.1) is 17.2 Å². The third kappa shape index (κ3) is 2.37. The lowest BCUT2D eigenvalue weighted by Gasteiger charge is -2.41. The van der Waals surface area contributed by atoms with Gasteiger partial charge in [-0.25, -0.2) is 0 Å².